The molecule has 0 aliphatic carbocycles. The van der Waals surface area contributed by atoms with E-state index in [0.717, 1.165) is 45.6 Å². The summed E-state index contributed by atoms with van der Waals surface area (Å²) in [6, 6.07) is 0. The maximum absolute atomic E-state index is 12.7. The van der Waals surface area contributed by atoms with E-state index in [1.54, 1.807) is 0 Å². The third-order valence-corrected chi connectivity index (χ3v) is 5.97. The van der Waals surface area contributed by atoms with Crippen molar-refractivity contribution in [2.75, 3.05) is 45.8 Å². The molecule has 0 saturated carbocycles. The standard InChI is InChI=1S/C18H33N3O/c1-15-4-3-9-21(12-15)17(22)16-5-10-20(11-6-16)14-18(2)7-8-19-13-18/h15-16,19H,3-14H2,1-2H3. The molecule has 1 amide bonds. The fourth-order valence-electron chi connectivity index (χ4n) is 4.53. The fourth-order valence-corrected chi connectivity index (χ4v) is 4.53. The molecule has 3 rings (SSSR count). The van der Waals surface area contributed by atoms with Gasteiger partial charge in [0.1, 0.15) is 0 Å². The van der Waals surface area contributed by atoms with Gasteiger partial charge >= 0.3 is 0 Å². The molecule has 0 aromatic carbocycles. The van der Waals surface area contributed by atoms with Gasteiger partial charge in [-0.25, -0.2) is 0 Å². The van der Waals surface area contributed by atoms with E-state index in [1.165, 1.54) is 32.4 Å². The molecule has 4 nitrogen and oxygen atoms in total. The molecular formula is C18H33N3O. The highest BCUT2D eigenvalue weighted by Gasteiger charge is 2.34. The van der Waals surface area contributed by atoms with Crippen LogP contribution in [0.1, 0.15) is 46.0 Å². The number of carbonyl (C=O) groups is 1. The molecule has 3 saturated heterocycles. The van der Waals surface area contributed by atoms with Gasteiger partial charge in [0.05, 0.1) is 0 Å². The summed E-state index contributed by atoms with van der Waals surface area (Å²) in [4.78, 5) is 17.5. The van der Waals surface area contributed by atoms with E-state index in [4.69, 9.17) is 0 Å². The van der Waals surface area contributed by atoms with Gasteiger partial charge in [0.15, 0.2) is 0 Å². The van der Waals surface area contributed by atoms with Gasteiger partial charge in [-0.05, 0) is 63.1 Å². The van der Waals surface area contributed by atoms with Crippen molar-refractivity contribution in [2.24, 2.45) is 17.3 Å². The van der Waals surface area contributed by atoms with Crippen LogP contribution >= 0.6 is 0 Å². The Morgan fingerprint density at radius 1 is 1.23 bits per heavy atom. The largest absolute Gasteiger partial charge is 0.342 e. The summed E-state index contributed by atoms with van der Waals surface area (Å²) in [7, 11) is 0. The molecule has 2 unspecified atom stereocenters. The number of carbonyl (C=O) groups excluding carboxylic acids is 1. The summed E-state index contributed by atoms with van der Waals surface area (Å²) in [5.74, 6) is 1.42. The molecule has 22 heavy (non-hydrogen) atoms. The molecule has 0 bridgehead atoms. The second kappa shape index (κ2) is 6.88. The van der Waals surface area contributed by atoms with Crippen molar-refractivity contribution in [3.8, 4) is 0 Å². The van der Waals surface area contributed by atoms with Crippen molar-refractivity contribution < 1.29 is 4.79 Å². The van der Waals surface area contributed by atoms with Gasteiger partial charge < -0.3 is 15.1 Å². The van der Waals surface area contributed by atoms with Crippen LogP contribution in [-0.4, -0.2) is 61.5 Å². The van der Waals surface area contributed by atoms with Crippen molar-refractivity contribution >= 4 is 5.91 Å². The van der Waals surface area contributed by atoms with E-state index >= 15 is 0 Å². The van der Waals surface area contributed by atoms with Gasteiger partial charge in [-0.1, -0.05) is 13.8 Å². The Bertz CT molecular complexity index is 384. The minimum Gasteiger partial charge on any atom is -0.342 e. The molecule has 0 radical (unpaired) electrons. The summed E-state index contributed by atoms with van der Waals surface area (Å²) >= 11 is 0. The predicted molar refractivity (Wildman–Crippen MR) is 89.7 cm³/mol. The second-order valence-electron chi connectivity index (χ2n) is 8.32. The predicted octanol–water partition coefficient (Wildman–Crippen LogP) is 1.96. The Morgan fingerprint density at radius 3 is 2.64 bits per heavy atom. The van der Waals surface area contributed by atoms with E-state index in [9.17, 15) is 4.79 Å². The van der Waals surface area contributed by atoms with E-state index in [-0.39, 0.29) is 5.92 Å². The van der Waals surface area contributed by atoms with Crippen LogP contribution in [-0.2, 0) is 4.79 Å². The van der Waals surface area contributed by atoms with Gasteiger partial charge in [-0.3, -0.25) is 4.79 Å². The Morgan fingerprint density at radius 2 is 2.00 bits per heavy atom. The lowest BCUT2D eigenvalue weighted by Gasteiger charge is -2.39. The first-order chi connectivity index (χ1) is 10.6. The number of piperidine rings is 2. The monoisotopic (exact) mass is 307 g/mol. The van der Waals surface area contributed by atoms with E-state index in [0.29, 0.717) is 17.2 Å². The summed E-state index contributed by atoms with van der Waals surface area (Å²) in [5, 5.41) is 3.49. The summed E-state index contributed by atoms with van der Waals surface area (Å²) in [5.41, 5.74) is 0.444. The van der Waals surface area contributed by atoms with Crippen molar-refractivity contribution in [2.45, 2.75) is 46.0 Å². The molecule has 0 spiro atoms. The Kier molecular flexibility index (Phi) is 5.08. The van der Waals surface area contributed by atoms with Gasteiger partial charge in [-0.15, -0.1) is 0 Å². The van der Waals surface area contributed by atoms with Gasteiger partial charge in [0.2, 0.25) is 5.91 Å². The quantitative estimate of drug-likeness (QED) is 0.866. The van der Waals surface area contributed by atoms with Crippen LogP contribution in [0, 0.1) is 17.3 Å². The number of nitrogens with zero attached hydrogens (tertiary/aromatic N) is 2. The van der Waals surface area contributed by atoms with E-state index < -0.39 is 0 Å². The first-order valence-electron chi connectivity index (χ1n) is 9.28. The molecule has 126 valence electrons. The lowest BCUT2D eigenvalue weighted by atomic mass is 9.87. The van der Waals surface area contributed by atoms with Gasteiger partial charge in [0.25, 0.3) is 0 Å². The molecule has 3 fully saturated rings. The third-order valence-electron chi connectivity index (χ3n) is 5.97. The molecule has 3 heterocycles. The lowest BCUT2D eigenvalue weighted by Crippen LogP contribution is -2.47. The topological polar surface area (TPSA) is 35.6 Å². The van der Waals surface area contributed by atoms with E-state index in [1.807, 2.05) is 0 Å². The number of hydrogen-bond acceptors (Lipinski definition) is 3. The third kappa shape index (κ3) is 3.83. The summed E-state index contributed by atoms with van der Waals surface area (Å²) in [6.45, 7) is 12.4. The second-order valence-corrected chi connectivity index (χ2v) is 8.32. The van der Waals surface area contributed by atoms with Gasteiger partial charge in [-0.2, -0.15) is 0 Å². The first-order valence-corrected chi connectivity index (χ1v) is 9.28. The van der Waals surface area contributed by atoms with Crippen LogP contribution in [0.5, 0.6) is 0 Å². The maximum atomic E-state index is 12.7. The zero-order valence-electron chi connectivity index (χ0n) is 14.4. The average Bonchev–Trinajstić information content (AvgIpc) is 2.93. The summed E-state index contributed by atoms with van der Waals surface area (Å²) in [6.07, 6.45) is 5.89. The van der Waals surface area contributed by atoms with Crippen LogP contribution in [0.2, 0.25) is 0 Å². The average molecular weight is 307 g/mol. The number of rotatable bonds is 3. The molecule has 1 N–H and O–H groups in total. The molecular weight excluding hydrogens is 274 g/mol. The first kappa shape index (κ1) is 16.3. The lowest BCUT2D eigenvalue weighted by molar-refractivity contribution is -0.138. The molecule has 0 aromatic heterocycles. The minimum atomic E-state index is 0.288. The Balaban J connectivity index is 1.46. The van der Waals surface area contributed by atoms with Crippen molar-refractivity contribution in [3.05, 3.63) is 0 Å². The van der Waals surface area contributed by atoms with Crippen molar-refractivity contribution in [1.29, 1.82) is 0 Å². The number of amides is 1. The Labute approximate surface area is 135 Å². The Hall–Kier alpha value is -0.610. The molecule has 2 atom stereocenters. The molecule has 4 heteroatoms. The van der Waals surface area contributed by atoms with Crippen molar-refractivity contribution in [3.63, 3.8) is 0 Å². The maximum Gasteiger partial charge on any atom is 0.225 e. The highest BCUT2D eigenvalue weighted by atomic mass is 16.2. The van der Waals surface area contributed by atoms with Crippen LogP contribution in [0.15, 0.2) is 0 Å². The van der Waals surface area contributed by atoms with E-state index in [2.05, 4.69) is 29.0 Å². The van der Waals surface area contributed by atoms with Crippen LogP contribution in [0.3, 0.4) is 0 Å². The van der Waals surface area contributed by atoms with Crippen LogP contribution in [0.4, 0.5) is 0 Å². The number of nitrogens with one attached hydrogen (secondary N) is 1. The zero-order chi connectivity index (χ0) is 15.6. The minimum absolute atomic E-state index is 0.288. The normalized spacial score (nSPS) is 35.0. The fraction of sp³-hybridized carbons (Fsp3) is 0.944. The zero-order valence-corrected chi connectivity index (χ0v) is 14.4. The molecule has 0 aromatic rings. The van der Waals surface area contributed by atoms with Crippen LogP contribution < -0.4 is 5.32 Å². The SMILES string of the molecule is CC1CCCN(C(=O)C2CCN(CC3(C)CCNC3)CC2)C1. The summed E-state index contributed by atoms with van der Waals surface area (Å²) < 4.78 is 0. The highest BCUT2D eigenvalue weighted by molar-refractivity contribution is 5.79. The number of hydrogen-bond donors (Lipinski definition) is 1. The van der Waals surface area contributed by atoms with Crippen molar-refractivity contribution in [1.82, 2.24) is 15.1 Å². The smallest absolute Gasteiger partial charge is 0.225 e. The van der Waals surface area contributed by atoms with Gasteiger partial charge in [0, 0.05) is 32.1 Å². The molecule has 3 aliphatic heterocycles. The molecule has 3 aliphatic rings. The highest BCUT2D eigenvalue weighted by Crippen LogP contribution is 2.29. The number of likely N-dealkylation sites (tertiary alicyclic amines) is 2. The van der Waals surface area contributed by atoms with Crippen LogP contribution in [0.25, 0.3) is 0 Å².